The predicted octanol–water partition coefficient (Wildman–Crippen LogP) is 3.80. The number of fused-ring (bicyclic) bond motifs is 1. The minimum Gasteiger partial charge on any atom is -0.461 e. The molecule has 0 spiro atoms. The third kappa shape index (κ3) is 1.39. The molecule has 2 heterocycles. The summed E-state index contributed by atoms with van der Waals surface area (Å²) >= 11 is 0. The van der Waals surface area contributed by atoms with Gasteiger partial charge in [-0.3, -0.25) is 4.98 Å². The van der Waals surface area contributed by atoms with Crippen molar-refractivity contribution in [3.63, 3.8) is 0 Å². The van der Waals surface area contributed by atoms with Crippen LogP contribution in [0.1, 0.15) is 5.76 Å². The maximum absolute atomic E-state index is 5.59. The number of hydrogen-bond donors (Lipinski definition) is 0. The molecule has 3 rings (SSSR count). The standard InChI is InChI=1S/C14H11NO/c1-10-9-12-13(16-10)7-8-15-14(12)11-5-3-2-4-6-11/h2-9H,1H3. The van der Waals surface area contributed by atoms with E-state index in [2.05, 4.69) is 17.1 Å². The first kappa shape index (κ1) is 9.16. The van der Waals surface area contributed by atoms with Crippen LogP contribution in [0.5, 0.6) is 0 Å². The molecule has 16 heavy (non-hydrogen) atoms. The Bertz CT molecular complexity index is 626. The highest BCUT2D eigenvalue weighted by Gasteiger charge is 2.08. The van der Waals surface area contributed by atoms with Gasteiger partial charge in [-0.25, -0.2) is 0 Å². The maximum Gasteiger partial charge on any atom is 0.137 e. The highest BCUT2D eigenvalue weighted by Crippen LogP contribution is 2.28. The van der Waals surface area contributed by atoms with Crippen LogP contribution < -0.4 is 0 Å². The van der Waals surface area contributed by atoms with Gasteiger partial charge in [-0.2, -0.15) is 0 Å². The third-order valence-electron chi connectivity index (χ3n) is 2.62. The van der Waals surface area contributed by atoms with E-state index in [1.54, 1.807) is 6.20 Å². The monoisotopic (exact) mass is 209 g/mol. The minimum absolute atomic E-state index is 0.895. The number of benzene rings is 1. The van der Waals surface area contributed by atoms with Crippen LogP contribution in [0.3, 0.4) is 0 Å². The molecule has 1 aromatic carbocycles. The van der Waals surface area contributed by atoms with E-state index in [1.807, 2.05) is 37.3 Å². The average molecular weight is 209 g/mol. The zero-order valence-electron chi connectivity index (χ0n) is 8.97. The van der Waals surface area contributed by atoms with E-state index in [-0.39, 0.29) is 0 Å². The van der Waals surface area contributed by atoms with Gasteiger partial charge in [-0.1, -0.05) is 30.3 Å². The van der Waals surface area contributed by atoms with Crippen LogP contribution in [-0.4, -0.2) is 4.98 Å². The minimum atomic E-state index is 0.895. The average Bonchev–Trinajstić information content (AvgIpc) is 2.70. The van der Waals surface area contributed by atoms with Crippen molar-refractivity contribution in [2.45, 2.75) is 6.92 Å². The summed E-state index contributed by atoms with van der Waals surface area (Å²) in [6.45, 7) is 1.95. The fourth-order valence-electron chi connectivity index (χ4n) is 1.92. The molecule has 0 radical (unpaired) electrons. The van der Waals surface area contributed by atoms with Crippen molar-refractivity contribution in [3.8, 4) is 11.3 Å². The Balaban J connectivity index is 2.31. The highest BCUT2D eigenvalue weighted by atomic mass is 16.3. The number of aryl methyl sites for hydroxylation is 1. The number of hydrogen-bond acceptors (Lipinski definition) is 2. The maximum atomic E-state index is 5.59. The third-order valence-corrected chi connectivity index (χ3v) is 2.62. The quantitative estimate of drug-likeness (QED) is 0.609. The molecule has 0 bridgehead atoms. The van der Waals surface area contributed by atoms with E-state index in [4.69, 9.17) is 4.42 Å². The van der Waals surface area contributed by atoms with E-state index in [0.717, 1.165) is 28.0 Å². The second kappa shape index (κ2) is 3.49. The highest BCUT2D eigenvalue weighted by molar-refractivity contribution is 5.91. The Morgan fingerprint density at radius 2 is 1.88 bits per heavy atom. The summed E-state index contributed by atoms with van der Waals surface area (Å²) in [6.07, 6.45) is 1.79. The Hall–Kier alpha value is -2.09. The molecule has 0 aliphatic rings. The first-order chi connectivity index (χ1) is 7.84. The number of pyridine rings is 1. The lowest BCUT2D eigenvalue weighted by atomic mass is 10.1. The Kier molecular flexibility index (Phi) is 2.00. The van der Waals surface area contributed by atoms with E-state index in [1.165, 1.54) is 0 Å². The van der Waals surface area contributed by atoms with Gasteiger partial charge in [0.15, 0.2) is 0 Å². The summed E-state index contributed by atoms with van der Waals surface area (Å²) in [7, 11) is 0. The molecule has 0 fully saturated rings. The molecule has 0 aliphatic heterocycles. The lowest BCUT2D eigenvalue weighted by molar-refractivity contribution is 0.578. The van der Waals surface area contributed by atoms with Crippen LogP contribution in [0.15, 0.2) is 53.1 Å². The van der Waals surface area contributed by atoms with Crippen molar-refractivity contribution in [1.29, 1.82) is 0 Å². The summed E-state index contributed by atoms with van der Waals surface area (Å²) in [5, 5.41) is 1.08. The van der Waals surface area contributed by atoms with Gasteiger partial charge < -0.3 is 4.42 Å². The van der Waals surface area contributed by atoms with Crippen LogP contribution in [0.2, 0.25) is 0 Å². The molecular formula is C14H11NO. The molecule has 0 N–H and O–H groups in total. The second-order valence-corrected chi connectivity index (χ2v) is 3.79. The molecule has 0 atom stereocenters. The van der Waals surface area contributed by atoms with Gasteiger partial charge >= 0.3 is 0 Å². The van der Waals surface area contributed by atoms with E-state index < -0.39 is 0 Å². The topological polar surface area (TPSA) is 26.0 Å². The molecule has 0 amide bonds. The summed E-state index contributed by atoms with van der Waals surface area (Å²) in [5.74, 6) is 0.917. The SMILES string of the molecule is Cc1cc2c(-c3ccccc3)nccc2o1. The van der Waals surface area contributed by atoms with Crippen molar-refractivity contribution in [2.24, 2.45) is 0 Å². The first-order valence-corrected chi connectivity index (χ1v) is 5.25. The van der Waals surface area contributed by atoms with Gasteiger partial charge in [0.05, 0.1) is 5.69 Å². The van der Waals surface area contributed by atoms with Gasteiger partial charge in [-0.15, -0.1) is 0 Å². The number of aromatic nitrogens is 1. The van der Waals surface area contributed by atoms with Gasteiger partial charge in [0.25, 0.3) is 0 Å². The predicted molar refractivity (Wildman–Crippen MR) is 64.2 cm³/mol. The Labute approximate surface area is 93.5 Å². The molecule has 0 saturated heterocycles. The normalized spacial score (nSPS) is 10.8. The number of nitrogens with zero attached hydrogens (tertiary/aromatic N) is 1. The largest absolute Gasteiger partial charge is 0.461 e. The molecule has 0 unspecified atom stereocenters. The van der Waals surface area contributed by atoms with Crippen LogP contribution in [0.25, 0.3) is 22.2 Å². The molecule has 78 valence electrons. The van der Waals surface area contributed by atoms with Gasteiger partial charge in [-0.05, 0) is 19.1 Å². The fraction of sp³-hybridized carbons (Fsp3) is 0.0714. The van der Waals surface area contributed by atoms with Crippen LogP contribution in [0.4, 0.5) is 0 Å². The van der Waals surface area contributed by atoms with Gasteiger partial charge in [0.2, 0.25) is 0 Å². The van der Waals surface area contributed by atoms with Crippen LogP contribution >= 0.6 is 0 Å². The molecule has 2 nitrogen and oxygen atoms in total. The summed E-state index contributed by atoms with van der Waals surface area (Å²) in [6, 6.07) is 14.1. The zero-order valence-corrected chi connectivity index (χ0v) is 8.97. The lowest BCUT2D eigenvalue weighted by Crippen LogP contribution is -1.82. The van der Waals surface area contributed by atoms with Crippen molar-refractivity contribution < 1.29 is 4.42 Å². The van der Waals surface area contributed by atoms with Crippen molar-refractivity contribution >= 4 is 11.0 Å². The number of rotatable bonds is 1. The second-order valence-electron chi connectivity index (χ2n) is 3.79. The fourth-order valence-corrected chi connectivity index (χ4v) is 1.92. The zero-order chi connectivity index (χ0) is 11.0. The summed E-state index contributed by atoms with van der Waals surface area (Å²) in [4.78, 5) is 4.43. The van der Waals surface area contributed by atoms with E-state index >= 15 is 0 Å². The summed E-state index contributed by atoms with van der Waals surface area (Å²) in [5.41, 5.74) is 3.00. The Morgan fingerprint density at radius 3 is 2.69 bits per heavy atom. The number of furan rings is 1. The summed E-state index contributed by atoms with van der Waals surface area (Å²) < 4.78 is 5.59. The Morgan fingerprint density at radius 1 is 1.06 bits per heavy atom. The van der Waals surface area contributed by atoms with Crippen LogP contribution in [-0.2, 0) is 0 Å². The van der Waals surface area contributed by atoms with E-state index in [0.29, 0.717) is 0 Å². The molecule has 0 saturated carbocycles. The molecule has 2 aromatic heterocycles. The van der Waals surface area contributed by atoms with Crippen molar-refractivity contribution in [3.05, 3.63) is 54.4 Å². The van der Waals surface area contributed by atoms with Gasteiger partial charge in [0.1, 0.15) is 11.3 Å². The van der Waals surface area contributed by atoms with Crippen molar-refractivity contribution in [1.82, 2.24) is 4.98 Å². The molecule has 3 aromatic rings. The van der Waals surface area contributed by atoms with Gasteiger partial charge in [0, 0.05) is 17.1 Å². The molecular weight excluding hydrogens is 198 g/mol. The smallest absolute Gasteiger partial charge is 0.137 e. The van der Waals surface area contributed by atoms with E-state index in [9.17, 15) is 0 Å². The lowest BCUT2D eigenvalue weighted by Gasteiger charge is -2.00. The van der Waals surface area contributed by atoms with Crippen LogP contribution in [0, 0.1) is 6.92 Å². The first-order valence-electron chi connectivity index (χ1n) is 5.25. The van der Waals surface area contributed by atoms with Crippen molar-refractivity contribution in [2.75, 3.05) is 0 Å². The molecule has 0 aliphatic carbocycles. The molecule has 2 heteroatoms.